The van der Waals surface area contributed by atoms with E-state index in [1.807, 2.05) is 11.8 Å². The lowest BCUT2D eigenvalue weighted by Gasteiger charge is -2.44. The number of hydrogen-bond acceptors (Lipinski definition) is 27. The molecule has 30 nitrogen and oxygen atoms in total. The van der Waals surface area contributed by atoms with Crippen LogP contribution < -0.4 is 71.9 Å². The van der Waals surface area contributed by atoms with Crippen LogP contribution in [0.4, 0.5) is 4.79 Å². The maximum Gasteiger partial charge on any atom is 0.629 e. The summed E-state index contributed by atoms with van der Waals surface area (Å²) in [6, 6.07) is 0.129. The molecule has 0 bridgehead atoms. The topological polar surface area (TPSA) is 493 Å². The van der Waals surface area contributed by atoms with Crippen LogP contribution in [0.1, 0.15) is 51.4 Å². The van der Waals surface area contributed by atoms with Gasteiger partial charge in [0.05, 0.1) is 17.0 Å². The minimum Gasteiger partial charge on any atom is -0.603 e. The van der Waals surface area contributed by atoms with Crippen LogP contribution in [0.25, 0.3) is 0 Å². The normalized spacial score (nSPS) is 29.1. The SMILES string of the molecule is NO[P+]([O])(OCCCCCCNC(=O)CCCC[C@@H]1SC[C@@H]2NC(=O)N[C@@H]21)OC1[C@H](O)[C@H](O[P+]([O-])(ON)ON)C(O[P+]([O-])(ON)ON)[C@H](O[P+]([O-])(ON)ON)[C@H]1O. The van der Waals surface area contributed by atoms with E-state index in [0.717, 1.165) is 18.6 Å². The predicted molar refractivity (Wildman–Crippen MR) is 188 cm³/mol. The minimum absolute atomic E-state index is 0.0909. The van der Waals surface area contributed by atoms with Gasteiger partial charge in [-0.15, -0.1) is 4.52 Å². The van der Waals surface area contributed by atoms with Crippen molar-refractivity contribution in [2.75, 3.05) is 18.9 Å². The molecule has 0 aromatic rings. The molecular formula is C22H50N10O20P4S+. The first-order valence-electron chi connectivity index (χ1n) is 16.8. The van der Waals surface area contributed by atoms with Gasteiger partial charge in [-0.25, -0.2) is 4.79 Å². The molecule has 2 aliphatic heterocycles. The van der Waals surface area contributed by atoms with Gasteiger partial charge in [0.15, 0.2) is 24.4 Å². The number of nitrogens with one attached hydrogen (secondary N) is 3. The Balaban J connectivity index is 1.54. The van der Waals surface area contributed by atoms with Crippen molar-refractivity contribution in [3.63, 3.8) is 0 Å². The first-order valence-corrected chi connectivity index (χ1v) is 23.7. The summed E-state index contributed by atoms with van der Waals surface area (Å²) in [7, 11) is -20.4. The van der Waals surface area contributed by atoms with Gasteiger partial charge in [0.1, 0.15) is 18.8 Å². The summed E-state index contributed by atoms with van der Waals surface area (Å²) >= 11 is 1.82. The number of rotatable bonds is 28. The number of aliphatic hydroxyl groups excluding tert-OH is 2. The van der Waals surface area contributed by atoms with E-state index in [-0.39, 0.29) is 37.0 Å². The number of amides is 3. The van der Waals surface area contributed by atoms with Crippen LogP contribution in [-0.4, -0.2) is 95.0 Å². The molecule has 3 amide bonds. The number of hydrogen-bond donors (Lipinski definition) is 12. The number of nitrogens with two attached hydrogens (primary N) is 7. The Hall–Kier alpha value is -0.190. The molecular weight excluding hydrogens is 880 g/mol. The maximum atomic E-state index is 13.4. The molecule has 3 unspecified atom stereocenters. The fraction of sp³-hybridized carbons (Fsp3) is 0.909. The molecule has 1 aliphatic carbocycles. The van der Waals surface area contributed by atoms with Crippen molar-refractivity contribution in [2.45, 2.75) is 105 Å². The van der Waals surface area contributed by atoms with E-state index in [2.05, 4.69) is 48.3 Å². The Kier molecular flexibility index (Phi) is 21.4. The fourth-order valence-electron chi connectivity index (χ4n) is 5.89. The molecule has 0 aromatic heterocycles. The maximum absolute atomic E-state index is 13.4. The molecule has 1 radical (unpaired) electrons. The van der Waals surface area contributed by atoms with E-state index >= 15 is 0 Å². The van der Waals surface area contributed by atoms with Crippen LogP contribution in [0, 0.1) is 0 Å². The van der Waals surface area contributed by atoms with Crippen LogP contribution in [0.15, 0.2) is 0 Å². The van der Waals surface area contributed by atoms with Crippen molar-refractivity contribution in [1.29, 1.82) is 0 Å². The minimum atomic E-state index is -5.15. The van der Waals surface area contributed by atoms with Crippen LogP contribution in [0.2, 0.25) is 0 Å². The molecule has 35 heteroatoms. The van der Waals surface area contributed by atoms with Gasteiger partial charge in [-0.2, -0.15) is 71.1 Å². The first-order chi connectivity index (χ1) is 27.0. The summed E-state index contributed by atoms with van der Waals surface area (Å²) in [6.07, 6.45) is -10.0. The average molecular weight is 931 g/mol. The van der Waals surface area contributed by atoms with Crippen molar-refractivity contribution in [3.05, 3.63) is 0 Å². The van der Waals surface area contributed by atoms with Crippen molar-refractivity contribution in [3.8, 4) is 0 Å². The van der Waals surface area contributed by atoms with E-state index in [1.165, 1.54) is 0 Å². The zero-order valence-electron chi connectivity index (χ0n) is 30.0. The summed E-state index contributed by atoms with van der Waals surface area (Å²) in [5, 5.41) is 31.5. The Morgan fingerprint density at radius 2 is 1.25 bits per heavy atom. The Labute approximate surface area is 331 Å². The quantitative estimate of drug-likeness (QED) is 0.0151. The molecule has 1 saturated carbocycles. The number of phosphoric acid groups is 3. The van der Waals surface area contributed by atoms with E-state index in [0.29, 0.717) is 43.9 Å². The summed E-state index contributed by atoms with van der Waals surface area (Å²) in [6.45, 7) is 0.0615. The third-order valence-electron chi connectivity index (χ3n) is 8.62. The molecule has 3 aliphatic rings. The number of carbonyl (C=O) groups excluding carboxylic acids is 2. The van der Waals surface area contributed by atoms with Gasteiger partial charge < -0.3 is 40.8 Å². The van der Waals surface area contributed by atoms with E-state index in [1.54, 1.807) is 0 Å². The molecule has 2 saturated heterocycles. The summed E-state index contributed by atoms with van der Waals surface area (Å²) in [5.41, 5.74) is 0. The van der Waals surface area contributed by atoms with Crippen molar-refractivity contribution in [1.82, 2.24) is 16.0 Å². The van der Waals surface area contributed by atoms with Crippen molar-refractivity contribution in [2.24, 2.45) is 41.3 Å². The highest BCUT2D eigenvalue weighted by molar-refractivity contribution is 8.00. The predicted octanol–water partition coefficient (Wildman–Crippen LogP) is -4.86. The number of urea groups is 1. The average Bonchev–Trinajstić information content (AvgIpc) is 3.77. The third-order valence-corrected chi connectivity index (χ3v) is 14.4. The Morgan fingerprint density at radius 1 is 0.719 bits per heavy atom. The molecule has 0 spiro atoms. The van der Waals surface area contributed by atoms with E-state index in [9.17, 15) is 39.4 Å². The summed E-state index contributed by atoms with van der Waals surface area (Å²) in [5.74, 6) is 35.5. The molecule has 57 heavy (non-hydrogen) atoms. The Bertz CT molecular complexity index is 1220. The largest absolute Gasteiger partial charge is 0.629 e. The van der Waals surface area contributed by atoms with Gasteiger partial charge >= 0.3 is 38.7 Å². The van der Waals surface area contributed by atoms with Crippen molar-refractivity contribution < 1.29 is 94.4 Å². The van der Waals surface area contributed by atoms with Crippen LogP contribution >= 0.6 is 44.4 Å². The second-order valence-electron chi connectivity index (χ2n) is 12.3. The monoisotopic (exact) mass is 930 g/mol. The lowest BCUT2D eigenvalue weighted by molar-refractivity contribution is -0.302. The highest BCUT2D eigenvalue weighted by Gasteiger charge is 2.67. The van der Waals surface area contributed by atoms with Gasteiger partial charge in [0.2, 0.25) is 5.91 Å². The number of fused-ring (bicyclic) bond motifs is 1. The van der Waals surface area contributed by atoms with E-state index < -0.39 is 69.3 Å². The smallest absolute Gasteiger partial charge is 0.603 e. The molecule has 0 aromatic carbocycles. The number of thioether (sulfide) groups is 1. The van der Waals surface area contributed by atoms with Gasteiger partial charge in [0.25, 0.3) is 0 Å². The fourth-order valence-corrected chi connectivity index (χ4v) is 10.6. The van der Waals surface area contributed by atoms with Crippen LogP contribution in [0.3, 0.4) is 0 Å². The number of aliphatic hydroxyl groups is 2. The second-order valence-corrected chi connectivity index (χ2v) is 19.7. The number of unbranched alkanes of at least 4 members (excludes halogenated alkanes) is 4. The van der Waals surface area contributed by atoms with Gasteiger partial charge in [-0.05, 0) is 25.7 Å². The summed E-state index contributed by atoms with van der Waals surface area (Å²) < 4.78 is 54.4. The molecule has 19 N–H and O–H groups in total. The van der Waals surface area contributed by atoms with E-state index in [4.69, 9.17) is 63.9 Å². The first kappa shape index (κ1) is 51.2. The highest BCUT2D eigenvalue weighted by Crippen LogP contribution is 2.63. The molecule has 2 heterocycles. The zero-order chi connectivity index (χ0) is 42.4. The molecule has 3 fully saturated rings. The van der Waals surface area contributed by atoms with Crippen LogP contribution in [0.5, 0.6) is 0 Å². The number of carbonyl (C=O) groups is 2. The third kappa shape index (κ3) is 14.7. The second kappa shape index (κ2) is 23.9. The highest BCUT2D eigenvalue weighted by atomic mass is 32.2. The zero-order valence-corrected chi connectivity index (χ0v) is 34.3. The van der Waals surface area contributed by atoms with Crippen LogP contribution in [-0.2, 0) is 64.7 Å². The molecule has 3 rings (SSSR count). The molecule has 333 valence electrons. The van der Waals surface area contributed by atoms with Crippen molar-refractivity contribution >= 4 is 56.4 Å². The lowest BCUT2D eigenvalue weighted by atomic mass is 9.85. The van der Waals surface area contributed by atoms with Gasteiger partial charge in [-0.3, -0.25) is 4.79 Å². The summed E-state index contributed by atoms with van der Waals surface area (Å²) in [4.78, 5) is 75.5. The standard InChI is InChI=1S/C22H50N10O20P4S/c23-46-53(37,41-10-6-2-1-5-9-30-14(33)8-4-3-7-13-15-12(11-57-13)31-22(36)32-15)42-18-16(34)19(43-54(38,47-24)48-25)21(45-56(40,51-28)52-29)20(17(18)35)44-55(39,49-26)50-27/h12-13,15-21,34-35H,1-11,23-29H2,(H,30,33)(H2,31,32,36)/q+1/t12-,13-,15-,16-,17-,18?,19-,20+,21?,53?/m0/s1. The molecule has 10 atom stereocenters. The Morgan fingerprint density at radius 3 is 1.77 bits per heavy atom. The lowest BCUT2D eigenvalue weighted by Crippen LogP contribution is -2.67. The van der Waals surface area contributed by atoms with Gasteiger partial charge in [0, 0.05) is 24.0 Å². The van der Waals surface area contributed by atoms with Gasteiger partial charge in [-0.1, -0.05) is 51.6 Å².